The van der Waals surface area contributed by atoms with E-state index >= 15 is 0 Å². The fraction of sp³-hybridized carbons (Fsp3) is 0.286. The van der Waals surface area contributed by atoms with Gasteiger partial charge >= 0.3 is 0 Å². The van der Waals surface area contributed by atoms with Crippen LogP contribution in [0.1, 0.15) is 18.2 Å². The highest BCUT2D eigenvalue weighted by molar-refractivity contribution is 6.30. The van der Waals surface area contributed by atoms with Crippen LogP contribution >= 0.6 is 11.6 Å². The molecule has 0 unspecified atom stereocenters. The van der Waals surface area contributed by atoms with E-state index in [2.05, 4.69) is 5.32 Å². The summed E-state index contributed by atoms with van der Waals surface area (Å²) in [5.74, 6) is 0.804. The second-order valence-corrected chi connectivity index (χ2v) is 4.42. The first-order chi connectivity index (χ1) is 9.20. The van der Waals surface area contributed by atoms with Gasteiger partial charge in [0.15, 0.2) is 0 Å². The normalized spacial score (nSPS) is 10.7. The van der Waals surface area contributed by atoms with E-state index in [9.17, 15) is 4.39 Å². The third-order valence-corrected chi connectivity index (χ3v) is 2.95. The van der Waals surface area contributed by atoms with Crippen molar-refractivity contribution >= 4 is 11.6 Å². The largest absolute Gasteiger partial charge is 0.486 e. The number of hydrogen-bond acceptors (Lipinski definition) is 3. The Morgan fingerprint density at radius 2 is 2.21 bits per heavy atom. The van der Waals surface area contributed by atoms with E-state index < -0.39 is 5.82 Å². The smallest absolute Gasteiger partial charge is 0.146 e. The number of benzene rings is 1. The number of halogens is 2. The molecule has 0 aliphatic heterocycles. The molecule has 0 atom stereocenters. The number of hydrogen-bond donors (Lipinski definition) is 1. The highest BCUT2D eigenvalue weighted by atomic mass is 35.5. The minimum atomic E-state index is -0.458. The molecule has 3 nitrogen and oxygen atoms in total. The molecule has 0 aliphatic carbocycles. The second kappa shape index (κ2) is 6.59. The van der Waals surface area contributed by atoms with Crippen molar-refractivity contribution in [2.24, 2.45) is 0 Å². The molecular formula is C14H15ClFNO2. The lowest BCUT2D eigenvalue weighted by molar-refractivity contribution is 0.268. The van der Waals surface area contributed by atoms with Crippen LogP contribution in [0.4, 0.5) is 4.39 Å². The van der Waals surface area contributed by atoms with Gasteiger partial charge in [-0.15, -0.1) is 0 Å². The van der Waals surface area contributed by atoms with Crippen LogP contribution < -0.4 is 10.1 Å². The molecule has 1 N–H and O–H groups in total. The highest BCUT2D eigenvalue weighted by Gasteiger charge is 2.08. The Morgan fingerprint density at radius 1 is 1.37 bits per heavy atom. The van der Waals surface area contributed by atoms with Gasteiger partial charge in [-0.2, -0.15) is 0 Å². The molecule has 2 aromatic rings. The molecule has 0 fully saturated rings. The van der Waals surface area contributed by atoms with E-state index in [1.165, 1.54) is 18.2 Å². The molecular weight excluding hydrogens is 269 g/mol. The van der Waals surface area contributed by atoms with Crippen molar-refractivity contribution in [3.63, 3.8) is 0 Å². The summed E-state index contributed by atoms with van der Waals surface area (Å²) in [6.45, 7) is 3.95. The van der Waals surface area contributed by atoms with Crippen LogP contribution in [0.25, 0.3) is 0 Å². The van der Waals surface area contributed by atoms with Crippen LogP contribution in [0.2, 0.25) is 5.02 Å². The number of rotatable bonds is 6. The number of nitrogens with one attached hydrogen (secondary N) is 1. The van der Waals surface area contributed by atoms with Crippen molar-refractivity contribution in [1.29, 1.82) is 0 Å². The minimum Gasteiger partial charge on any atom is -0.486 e. The maximum atomic E-state index is 13.0. The lowest BCUT2D eigenvalue weighted by atomic mass is 10.2. The quantitative estimate of drug-likeness (QED) is 0.876. The maximum Gasteiger partial charge on any atom is 0.146 e. The van der Waals surface area contributed by atoms with Crippen LogP contribution in [-0.4, -0.2) is 6.54 Å². The predicted octanol–water partition coefficient (Wildman–Crippen LogP) is 3.76. The summed E-state index contributed by atoms with van der Waals surface area (Å²) in [6, 6.07) is 6.16. The molecule has 0 amide bonds. The summed E-state index contributed by atoms with van der Waals surface area (Å²) in [5, 5.41) is 3.27. The Hall–Kier alpha value is -1.52. The van der Waals surface area contributed by atoms with Crippen molar-refractivity contribution < 1.29 is 13.5 Å². The fourth-order valence-corrected chi connectivity index (χ4v) is 1.80. The third-order valence-electron chi connectivity index (χ3n) is 2.66. The standard InChI is InChI=1S/C14H15ClFNO2/c1-2-17-8-10-5-6-18-14(10)9-19-11-3-4-13(16)12(15)7-11/h3-7,17H,2,8-9H2,1H3. The first kappa shape index (κ1) is 13.9. The highest BCUT2D eigenvalue weighted by Crippen LogP contribution is 2.22. The monoisotopic (exact) mass is 283 g/mol. The summed E-state index contributed by atoms with van der Waals surface area (Å²) in [7, 11) is 0. The molecule has 0 bridgehead atoms. The minimum absolute atomic E-state index is 0.0461. The Labute approximate surface area is 116 Å². The van der Waals surface area contributed by atoms with Gasteiger partial charge in [0, 0.05) is 18.2 Å². The van der Waals surface area contributed by atoms with Crippen LogP contribution in [0.3, 0.4) is 0 Å². The predicted molar refractivity (Wildman–Crippen MR) is 71.8 cm³/mol. The van der Waals surface area contributed by atoms with Crippen LogP contribution in [0.15, 0.2) is 34.9 Å². The summed E-state index contributed by atoms with van der Waals surface area (Å²) < 4.78 is 23.9. The van der Waals surface area contributed by atoms with Crippen LogP contribution in [-0.2, 0) is 13.2 Å². The van der Waals surface area contributed by atoms with Gasteiger partial charge in [0.05, 0.1) is 11.3 Å². The Bertz CT molecular complexity index is 542. The van der Waals surface area contributed by atoms with Crippen molar-refractivity contribution in [3.8, 4) is 5.75 Å². The lowest BCUT2D eigenvalue weighted by Gasteiger charge is -2.07. The van der Waals surface area contributed by atoms with Gasteiger partial charge in [-0.25, -0.2) is 4.39 Å². The second-order valence-electron chi connectivity index (χ2n) is 4.01. The summed E-state index contributed by atoms with van der Waals surface area (Å²) in [5.41, 5.74) is 1.05. The molecule has 0 radical (unpaired) electrons. The van der Waals surface area contributed by atoms with Gasteiger partial charge in [-0.3, -0.25) is 0 Å². The zero-order valence-electron chi connectivity index (χ0n) is 10.6. The molecule has 0 saturated carbocycles. The molecule has 0 spiro atoms. The molecule has 2 rings (SSSR count). The number of ether oxygens (including phenoxy) is 1. The molecule has 102 valence electrons. The van der Waals surface area contributed by atoms with E-state index in [0.717, 1.165) is 24.4 Å². The molecule has 0 aliphatic rings. The van der Waals surface area contributed by atoms with Crippen LogP contribution in [0, 0.1) is 5.82 Å². The molecule has 19 heavy (non-hydrogen) atoms. The first-order valence-electron chi connectivity index (χ1n) is 6.04. The van der Waals surface area contributed by atoms with Crippen molar-refractivity contribution in [1.82, 2.24) is 5.32 Å². The third kappa shape index (κ3) is 3.72. The fourth-order valence-electron chi connectivity index (χ4n) is 1.63. The van der Waals surface area contributed by atoms with Gasteiger partial charge < -0.3 is 14.5 Å². The van der Waals surface area contributed by atoms with E-state index in [-0.39, 0.29) is 11.6 Å². The van der Waals surface area contributed by atoms with Gasteiger partial charge in [0.1, 0.15) is 23.9 Å². The van der Waals surface area contributed by atoms with E-state index in [1.54, 1.807) is 6.26 Å². The summed E-state index contributed by atoms with van der Waals surface area (Å²) >= 11 is 5.69. The Morgan fingerprint density at radius 3 is 2.95 bits per heavy atom. The van der Waals surface area contributed by atoms with Crippen LogP contribution in [0.5, 0.6) is 5.75 Å². The zero-order valence-corrected chi connectivity index (χ0v) is 11.3. The number of furan rings is 1. The Kier molecular flexibility index (Phi) is 4.82. The summed E-state index contributed by atoms with van der Waals surface area (Å²) in [4.78, 5) is 0. The van der Waals surface area contributed by atoms with Crippen molar-refractivity contribution in [3.05, 3.63) is 52.7 Å². The van der Waals surface area contributed by atoms with Gasteiger partial charge in [-0.1, -0.05) is 18.5 Å². The average Bonchev–Trinajstić information content (AvgIpc) is 2.85. The summed E-state index contributed by atoms with van der Waals surface area (Å²) in [6.07, 6.45) is 1.63. The van der Waals surface area contributed by atoms with E-state index in [4.69, 9.17) is 20.8 Å². The molecule has 5 heteroatoms. The SMILES string of the molecule is CCNCc1ccoc1COc1ccc(F)c(Cl)c1. The van der Waals surface area contributed by atoms with Crippen molar-refractivity contribution in [2.45, 2.75) is 20.1 Å². The average molecular weight is 284 g/mol. The van der Waals surface area contributed by atoms with E-state index in [1.807, 2.05) is 13.0 Å². The lowest BCUT2D eigenvalue weighted by Crippen LogP contribution is -2.12. The molecule has 1 aromatic heterocycles. The molecule has 0 saturated heterocycles. The maximum absolute atomic E-state index is 13.0. The topological polar surface area (TPSA) is 34.4 Å². The van der Waals surface area contributed by atoms with E-state index in [0.29, 0.717) is 5.75 Å². The molecule has 1 heterocycles. The van der Waals surface area contributed by atoms with Crippen molar-refractivity contribution in [2.75, 3.05) is 6.54 Å². The Balaban J connectivity index is 1.98. The molecule has 1 aromatic carbocycles. The zero-order chi connectivity index (χ0) is 13.7. The van der Waals surface area contributed by atoms with Gasteiger partial charge in [0.2, 0.25) is 0 Å². The first-order valence-corrected chi connectivity index (χ1v) is 6.42. The van der Waals surface area contributed by atoms with Gasteiger partial charge in [0.25, 0.3) is 0 Å². The van der Waals surface area contributed by atoms with Gasteiger partial charge in [-0.05, 0) is 24.7 Å².